The molecule has 25 heavy (non-hydrogen) atoms. The van der Waals surface area contributed by atoms with Crippen LogP contribution in [0.4, 0.5) is 0 Å². The Morgan fingerprint density at radius 1 is 1.16 bits per heavy atom. The summed E-state index contributed by atoms with van der Waals surface area (Å²) in [5.74, 6) is -0.0169. The molecule has 1 aromatic heterocycles. The van der Waals surface area contributed by atoms with E-state index < -0.39 is 0 Å². The molecular formula is C21H29N3O. The molecule has 1 N–H and O–H groups in total. The van der Waals surface area contributed by atoms with Crippen LogP contribution in [0.5, 0.6) is 0 Å². The number of nitrogens with zero attached hydrogens (tertiary/aromatic N) is 2. The van der Waals surface area contributed by atoms with Gasteiger partial charge in [-0.3, -0.25) is 9.69 Å². The van der Waals surface area contributed by atoms with Gasteiger partial charge in [-0.05, 0) is 56.5 Å². The van der Waals surface area contributed by atoms with E-state index in [4.69, 9.17) is 0 Å². The minimum absolute atomic E-state index is 0.0169. The summed E-state index contributed by atoms with van der Waals surface area (Å²) in [6, 6.07) is 13.0. The van der Waals surface area contributed by atoms with E-state index >= 15 is 0 Å². The number of hydrogen-bond acceptors (Lipinski definition) is 2. The minimum Gasteiger partial charge on any atom is -0.347 e. The fourth-order valence-electron chi connectivity index (χ4n) is 3.60. The number of benzene rings is 1. The van der Waals surface area contributed by atoms with Gasteiger partial charge in [-0.15, -0.1) is 0 Å². The van der Waals surface area contributed by atoms with E-state index in [0.717, 1.165) is 12.2 Å². The van der Waals surface area contributed by atoms with Crippen LogP contribution in [0.2, 0.25) is 0 Å². The summed E-state index contributed by atoms with van der Waals surface area (Å²) in [5, 5.41) is 3.08. The Balaban J connectivity index is 1.66. The van der Waals surface area contributed by atoms with E-state index in [-0.39, 0.29) is 5.91 Å². The van der Waals surface area contributed by atoms with Crippen LogP contribution in [-0.4, -0.2) is 28.0 Å². The van der Waals surface area contributed by atoms with Crippen molar-refractivity contribution in [1.82, 2.24) is 14.8 Å². The van der Waals surface area contributed by atoms with Crippen molar-refractivity contribution in [2.24, 2.45) is 7.05 Å². The van der Waals surface area contributed by atoms with Crippen LogP contribution < -0.4 is 5.32 Å². The molecule has 1 aromatic carbocycles. The Kier molecular flexibility index (Phi) is 5.59. The van der Waals surface area contributed by atoms with E-state index in [1.807, 2.05) is 30.7 Å². The number of carbonyl (C=O) groups is 1. The molecule has 0 saturated carbocycles. The van der Waals surface area contributed by atoms with Crippen LogP contribution in [-0.2, 0) is 20.1 Å². The van der Waals surface area contributed by atoms with Crippen molar-refractivity contribution in [3.63, 3.8) is 0 Å². The maximum absolute atomic E-state index is 12.5. The second kappa shape index (κ2) is 7.87. The maximum Gasteiger partial charge on any atom is 0.268 e. The molecule has 1 atom stereocenters. The van der Waals surface area contributed by atoms with E-state index in [2.05, 4.69) is 41.4 Å². The van der Waals surface area contributed by atoms with Gasteiger partial charge >= 0.3 is 0 Å². The summed E-state index contributed by atoms with van der Waals surface area (Å²) in [5.41, 5.74) is 4.32. The van der Waals surface area contributed by atoms with Gasteiger partial charge in [0.15, 0.2) is 0 Å². The molecule has 2 heterocycles. The molecule has 1 aliphatic heterocycles. The summed E-state index contributed by atoms with van der Waals surface area (Å²) in [6.07, 6.45) is 3.91. The molecule has 1 aliphatic rings. The highest BCUT2D eigenvalue weighted by Gasteiger charge is 2.19. The Bertz CT molecular complexity index is 734. The third kappa shape index (κ3) is 4.13. The molecule has 1 unspecified atom stereocenters. The zero-order valence-corrected chi connectivity index (χ0v) is 15.6. The highest BCUT2D eigenvalue weighted by atomic mass is 16.1. The minimum atomic E-state index is -0.0169. The van der Waals surface area contributed by atoms with Crippen molar-refractivity contribution in [1.29, 1.82) is 0 Å². The first-order chi connectivity index (χ1) is 12.1. The highest BCUT2D eigenvalue weighted by molar-refractivity contribution is 5.92. The summed E-state index contributed by atoms with van der Waals surface area (Å²) < 4.78 is 1.93. The second-order valence-corrected chi connectivity index (χ2v) is 7.19. The molecule has 2 aromatic rings. The second-order valence-electron chi connectivity index (χ2n) is 7.19. The topological polar surface area (TPSA) is 37.3 Å². The molecule has 0 radical (unpaired) electrons. The number of aromatic nitrogens is 1. The highest BCUT2D eigenvalue weighted by Crippen LogP contribution is 2.21. The third-order valence-corrected chi connectivity index (χ3v) is 5.48. The Labute approximate surface area is 150 Å². The lowest BCUT2D eigenvalue weighted by Gasteiger charge is -2.33. The van der Waals surface area contributed by atoms with E-state index in [0.29, 0.717) is 18.3 Å². The van der Waals surface area contributed by atoms with Crippen LogP contribution in [0.15, 0.2) is 36.4 Å². The number of likely N-dealkylation sites (tertiary alicyclic amines) is 1. The molecule has 0 aliphatic carbocycles. The van der Waals surface area contributed by atoms with Crippen molar-refractivity contribution >= 4 is 5.91 Å². The number of nitrogens with one attached hydrogen (secondary N) is 1. The summed E-state index contributed by atoms with van der Waals surface area (Å²) >= 11 is 0. The molecule has 0 spiro atoms. The van der Waals surface area contributed by atoms with Gasteiger partial charge in [0.1, 0.15) is 5.69 Å². The SMILES string of the molecule is Cc1ccc(C(=O)NCc2ccccc2CN2CCCCC2C)n1C. The van der Waals surface area contributed by atoms with Gasteiger partial charge in [-0.1, -0.05) is 30.7 Å². The first kappa shape index (κ1) is 17.7. The summed E-state index contributed by atoms with van der Waals surface area (Å²) in [6.45, 7) is 7.04. The maximum atomic E-state index is 12.5. The fourth-order valence-corrected chi connectivity index (χ4v) is 3.60. The zero-order valence-electron chi connectivity index (χ0n) is 15.6. The van der Waals surface area contributed by atoms with Crippen LogP contribution >= 0.6 is 0 Å². The normalized spacial score (nSPS) is 18.3. The summed E-state index contributed by atoms with van der Waals surface area (Å²) in [7, 11) is 1.93. The lowest BCUT2D eigenvalue weighted by Crippen LogP contribution is -2.37. The average molecular weight is 339 g/mol. The molecule has 134 valence electrons. The van der Waals surface area contributed by atoms with Gasteiger partial charge in [-0.2, -0.15) is 0 Å². The smallest absolute Gasteiger partial charge is 0.268 e. The van der Waals surface area contributed by atoms with E-state index in [9.17, 15) is 4.79 Å². The number of amides is 1. The molecule has 0 bridgehead atoms. The van der Waals surface area contributed by atoms with Crippen molar-refractivity contribution in [3.8, 4) is 0 Å². The van der Waals surface area contributed by atoms with Crippen molar-refractivity contribution in [3.05, 3.63) is 58.9 Å². The van der Waals surface area contributed by atoms with Crippen LogP contribution in [0.3, 0.4) is 0 Å². The molecule has 3 rings (SSSR count). The number of carbonyl (C=O) groups excluding carboxylic acids is 1. The van der Waals surface area contributed by atoms with Gasteiger partial charge in [0.05, 0.1) is 0 Å². The molecule has 1 amide bonds. The van der Waals surface area contributed by atoms with Gasteiger partial charge in [-0.25, -0.2) is 0 Å². The lowest BCUT2D eigenvalue weighted by atomic mass is 10.0. The van der Waals surface area contributed by atoms with Crippen LogP contribution in [0.1, 0.15) is 53.5 Å². The Hall–Kier alpha value is -2.07. The Morgan fingerprint density at radius 3 is 2.60 bits per heavy atom. The zero-order chi connectivity index (χ0) is 17.8. The largest absolute Gasteiger partial charge is 0.347 e. The molecule has 1 fully saturated rings. The first-order valence-corrected chi connectivity index (χ1v) is 9.27. The predicted molar refractivity (Wildman–Crippen MR) is 101 cm³/mol. The first-order valence-electron chi connectivity index (χ1n) is 9.27. The predicted octanol–water partition coefficient (Wildman–Crippen LogP) is 3.64. The number of hydrogen-bond donors (Lipinski definition) is 1. The Morgan fingerprint density at radius 2 is 1.92 bits per heavy atom. The van der Waals surface area contributed by atoms with Crippen LogP contribution in [0.25, 0.3) is 0 Å². The monoisotopic (exact) mass is 339 g/mol. The quantitative estimate of drug-likeness (QED) is 0.903. The van der Waals surface area contributed by atoms with Crippen molar-refractivity contribution < 1.29 is 4.79 Å². The number of rotatable bonds is 5. The van der Waals surface area contributed by atoms with Gasteiger partial charge in [0.25, 0.3) is 5.91 Å². The standard InChI is InChI=1S/C21H29N3O/c1-16-11-12-20(23(16)3)21(25)22-14-18-9-4-5-10-19(18)15-24-13-7-6-8-17(24)2/h4-5,9-12,17H,6-8,13-15H2,1-3H3,(H,22,25). The van der Waals surface area contributed by atoms with Crippen molar-refractivity contribution in [2.75, 3.05) is 6.54 Å². The third-order valence-electron chi connectivity index (χ3n) is 5.48. The van der Waals surface area contributed by atoms with Gasteiger partial charge in [0.2, 0.25) is 0 Å². The van der Waals surface area contributed by atoms with Crippen molar-refractivity contribution in [2.45, 2.75) is 52.2 Å². The van der Waals surface area contributed by atoms with E-state index in [1.165, 1.54) is 36.9 Å². The van der Waals surface area contributed by atoms with E-state index in [1.54, 1.807) is 0 Å². The van der Waals surface area contributed by atoms with Gasteiger partial charge in [0, 0.05) is 31.9 Å². The van der Waals surface area contributed by atoms with Crippen LogP contribution in [0, 0.1) is 6.92 Å². The molecular weight excluding hydrogens is 310 g/mol. The number of piperidine rings is 1. The lowest BCUT2D eigenvalue weighted by molar-refractivity contribution is 0.0942. The molecule has 4 nitrogen and oxygen atoms in total. The van der Waals surface area contributed by atoms with Gasteiger partial charge < -0.3 is 9.88 Å². The molecule has 1 saturated heterocycles. The number of aryl methyl sites for hydroxylation is 1. The summed E-state index contributed by atoms with van der Waals surface area (Å²) in [4.78, 5) is 15.0. The molecule has 4 heteroatoms. The average Bonchev–Trinajstić information content (AvgIpc) is 2.95. The fraction of sp³-hybridized carbons (Fsp3) is 0.476.